The number of halogens is 1. The fraction of sp³-hybridized carbons (Fsp3) is 0.118. The fourth-order valence-corrected chi connectivity index (χ4v) is 2.36. The Bertz CT molecular complexity index is 990. The molecule has 0 spiro atoms. The van der Waals surface area contributed by atoms with E-state index in [4.69, 9.17) is 20.9 Å². The molecule has 0 unspecified atom stereocenters. The van der Waals surface area contributed by atoms with Gasteiger partial charge in [-0.1, -0.05) is 17.7 Å². The summed E-state index contributed by atoms with van der Waals surface area (Å²) in [5, 5.41) is 15.4. The van der Waals surface area contributed by atoms with Crippen LogP contribution < -0.4 is 20.2 Å². The monoisotopic (exact) mass is 359 g/mol. The van der Waals surface area contributed by atoms with E-state index in [1.54, 1.807) is 49.6 Å². The molecule has 1 aromatic heterocycles. The number of aryl methyl sites for hydroxylation is 1. The number of methoxy groups -OCH3 is 1. The summed E-state index contributed by atoms with van der Waals surface area (Å²) >= 11 is 6.03. The third-order valence-corrected chi connectivity index (χ3v) is 3.97. The Morgan fingerprint density at radius 3 is 2.64 bits per heavy atom. The quantitative estimate of drug-likeness (QED) is 0.435. The molecule has 0 radical (unpaired) electrons. The summed E-state index contributed by atoms with van der Waals surface area (Å²) in [7, 11) is 1.54. The van der Waals surface area contributed by atoms with Gasteiger partial charge in [0, 0.05) is 17.2 Å². The van der Waals surface area contributed by atoms with Gasteiger partial charge in [-0.2, -0.15) is 0 Å². The third kappa shape index (κ3) is 3.41. The largest absolute Gasteiger partial charge is 0.854 e. The second-order valence-electron chi connectivity index (χ2n) is 5.21. The van der Waals surface area contributed by atoms with Crippen molar-refractivity contribution in [1.29, 1.82) is 0 Å². The van der Waals surface area contributed by atoms with E-state index in [1.807, 2.05) is 6.92 Å². The van der Waals surface area contributed by atoms with Crippen molar-refractivity contribution in [3.05, 3.63) is 69.2 Å². The van der Waals surface area contributed by atoms with Crippen molar-refractivity contribution in [2.24, 2.45) is 4.99 Å². The fourth-order valence-electron chi connectivity index (χ4n) is 2.19. The predicted molar refractivity (Wildman–Crippen MR) is 89.8 cm³/mol. The summed E-state index contributed by atoms with van der Waals surface area (Å²) in [4.78, 5) is 15.9. The van der Waals surface area contributed by atoms with Gasteiger partial charge in [0.1, 0.15) is 5.75 Å². The molecule has 0 fully saturated rings. The Kier molecular flexibility index (Phi) is 4.58. The molecule has 2 aromatic carbocycles. The molecule has 25 heavy (non-hydrogen) atoms. The lowest BCUT2D eigenvalue weighted by atomic mass is 10.2. The Balaban J connectivity index is 2.04. The molecule has 0 amide bonds. The number of rotatable bonds is 4. The van der Waals surface area contributed by atoms with Crippen molar-refractivity contribution in [1.82, 2.24) is 5.27 Å². The Morgan fingerprint density at radius 2 is 2.00 bits per heavy atom. The molecule has 8 heteroatoms. The summed E-state index contributed by atoms with van der Waals surface area (Å²) in [5.74, 6) is -0.104. The van der Waals surface area contributed by atoms with Crippen LogP contribution in [0.15, 0.2) is 56.8 Å². The maximum atomic E-state index is 12.5. The molecule has 0 atom stereocenters. The van der Waals surface area contributed by atoms with Gasteiger partial charge in [-0.3, -0.25) is 9.52 Å². The van der Waals surface area contributed by atoms with Gasteiger partial charge in [-0.05, 0) is 46.7 Å². The van der Waals surface area contributed by atoms with E-state index in [1.165, 1.54) is 4.68 Å². The van der Waals surface area contributed by atoms with Gasteiger partial charge in [0.2, 0.25) is 5.69 Å². The van der Waals surface area contributed by atoms with Crippen LogP contribution in [0.4, 0.5) is 5.69 Å². The zero-order valence-corrected chi connectivity index (χ0v) is 14.2. The summed E-state index contributed by atoms with van der Waals surface area (Å²) in [6, 6.07) is 11.7. The van der Waals surface area contributed by atoms with Crippen LogP contribution in [-0.4, -0.2) is 18.3 Å². The van der Waals surface area contributed by atoms with Crippen LogP contribution in [0.2, 0.25) is 5.02 Å². The minimum Gasteiger partial charge on any atom is -0.854 e. The van der Waals surface area contributed by atoms with Crippen LogP contribution in [0, 0.1) is 6.92 Å². The lowest BCUT2D eigenvalue weighted by Crippen LogP contribution is -2.44. The molecule has 0 aliphatic heterocycles. The highest BCUT2D eigenvalue weighted by Gasteiger charge is 2.23. The zero-order valence-electron chi connectivity index (χ0n) is 13.4. The predicted octanol–water partition coefficient (Wildman–Crippen LogP) is 1.65. The molecular formula is C17H14ClN3O4. The van der Waals surface area contributed by atoms with E-state index in [-0.39, 0.29) is 5.69 Å². The molecule has 0 aliphatic rings. The van der Waals surface area contributed by atoms with E-state index in [0.717, 1.165) is 5.56 Å². The lowest BCUT2D eigenvalue weighted by molar-refractivity contribution is -0.673. The molecule has 3 aromatic rings. The van der Waals surface area contributed by atoms with Crippen molar-refractivity contribution in [2.45, 2.75) is 6.92 Å². The van der Waals surface area contributed by atoms with E-state index in [9.17, 15) is 9.90 Å². The maximum absolute atomic E-state index is 12.5. The van der Waals surface area contributed by atoms with Crippen molar-refractivity contribution in [3.63, 3.8) is 0 Å². The summed E-state index contributed by atoms with van der Waals surface area (Å²) in [6.07, 6.45) is 0. The van der Waals surface area contributed by atoms with Crippen LogP contribution in [-0.2, 0) is 0 Å². The number of nitrogens with one attached hydrogen (secondary N) is 1. The standard InChI is InChI=1S/C17H14ClN3O4/c1-10-3-4-11(9-14(10)18)19-16(22)15-17(23)25-20-21(15)12-5-7-13(24-2)8-6-12/h3-9H,1-2H3,(H-,19,20,22,23). The number of aromatic amines is 1. The van der Waals surface area contributed by atoms with E-state index in [2.05, 4.69) is 10.3 Å². The zero-order chi connectivity index (χ0) is 18.0. The van der Waals surface area contributed by atoms with E-state index < -0.39 is 11.5 Å². The molecule has 1 N–H and O–H groups in total. The Labute approximate surface area is 147 Å². The van der Waals surface area contributed by atoms with Gasteiger partial charge in [0.25, 0.3) is 0 Å². The number of hydrogen-bond donors (Lipinski definition) is 1. The van der Waals surface area contributed by atoms with Crippen LogP contribution in [0.1, 0.15) is 11.3 Å². The first-order valence-corrected chi connectivity index (χ1v) is 7.67. The van der Waals surface area contributed by atoms with Crippen molar-refractivity contribution < 1.29 is 19.0 Å². The molecule has 0 aliphatic carbocycles. The summed E-state index contributed by atoms with van der Waals surface area (Å²) in [5.41, 5.74) is 0.668. The van der Waals surface area contributed by atoms with Gasteiger partial charge >= 0.3 is 11.3 Å². The second-order valence-corrected chi connectivity index (χ2v) is 5.62. The van der Waals surface area contributed by atoms with Crippen molar-refractivity contribution in [2.75, 3.05) is 7.11 Å². The summed E-state index contributed by atoms with van der Waals surface area (Å²) in [6.45, 7) is 1.84. The van der Waals surface area contributed by atoms with Crippen LogP contribution in [0.5, 0.6) is 5.75 Å². The van der Waals surface area contributed by atoms with Gasteiger partial charge in [-0.25, -0.2) is 4.79 Å². The first-order chi connectivity index (χ1) is 12.0. The minimum atomic E-state index is -0.817. The molecular weight excluding hydrogens is 346 g/mol. The highest BCUT2D eigenvalue weighted by molar-refractivity contribution is 6.31. The first-order valence-electron chi connectivity index (χ1n) is 7.30. The van der Waals surface area contributed by atoms with Gasteiger partial charge in [0.15, 0.2) is 0 Å². The number of ether oxygens (including phenoxy) is 1. The molecule has 128 valence electrons. The minimum absolute atomic E-state index is 0.248. The number of aromatic nitrogens is 2. The number of H-pyrrole nitrogens is 1. The lowest BCUT2D eigenvalue weighted by Gasteiger charge is -2.05. The molecule has 0 saturated carbocycles. The van der Waals surface area contributed by atoms with Gasteiger partial charge in [-0.15, -0.1) is 0 Å². The topological polar surface area (TPSA) is 94.5 Å². The van der Waals surface area contributed by atoms with E-state index in [0.29, 0.717) is 22.1 Å². The SMILES string of the molecule is COc1ccc(-[n+]2[nH]oc(=O)c2C([O-])=Nc2ccc(C)c(Cl)c2)cc1. The van der Waals surface area contributed by atoms with Crippen LogP contribution >= 0.6 is 11.6 Å². The number of benzene rings is 2. The van der Waals surface area contributed by atoms with Crippen LogP contribution in [0.25, 0.3) is 5.69 Å². The average molecular weight is 360 g/mol. The Hall–Kier alpha value is -3.06. The summed E-state index contributed by atoms with van der Waals surface area (Å²) < 4.78 is 11.1. The van der Waals surface area contributed by atoms with Gasteiger partial charge < -0.3 is 9.84 Å². The molecule has 1 heterocycles. The third-order valence-electron chi connectivity index (χ3n) is 3.57. The van der Waals surface area contributed by atoms with Crippen LogP contribution in [0.3, 0.4) is 0 Å². The second kappa shape index (κ2) is 6.82. The molecule has 7 nitrogen and oxygen atoms in total. The van der Waals surface area contributed by atoms with E-state index >= 15 is 0 Å². The number of nitrogens with zero attached hydrogens (tertiary/aromatic N) is 2. The number of hydrogen-bond acceptors (Lipinski definition) is 5. The normalized spacial score (nSPS) is 11.6. The highest BCUT2D eigenvalue weighted by atomic mass is 35.5. The Morgan fingerprint density at radius 1 is 1.28 bits per heavy atom. The van der Waals surface area contributed by atoms with Gasteiger partial charge in [0.05, 0.1) is 18.7 Å². The van der Waals surface area contributed by atoms with Crippen molar-refractivity contribution in [3.8, 4) is 11.4 Å². The average Bonchev–Trinajstić information content (AvgIpc) is 3.00. The first kappa shape index (κ1) is 16.8. The van der Waals surface area contributed by atoms with Crippen molar-refractivity contribution >= 4 is 23.2 Å². The molecule has 3 rings (SSSR count). The smallest absolute Gasteiger partial charge is 0.436 e. The maximum Gasteiger partial charge on any atom is 0.436 e. The highest BCUT2D eigenvalue weighted by Crippen LogP contribution is 2.22. The molecule has 0 saturated heterocycles. The number of aliphatic imine (C=N–C) groups is 1. The molecule has 0 bridgehead atoms.